The fourth-order valence-electron chi connectivity index (χ4n) is 3.77. The third-order valence-corrected chi connectivity index (χ3v) is 5.56. The van der Waals surface area contributed by atoms with E-state index in [4.69, 9.17) is 21.1 Å². The third-order valence-electron chi connectivity index (χ3n) is 5.27. The van der Waals surface area contributed by atoms with Crippen molar-refractivity contribution >= 4 is 17.7 Å². The van der Waals surface area contributed by atoms with E-state index in [2.05, 4.69) is 0 Å². The highest BCUT2D eigenvalue weighted by Crippen LogP contribution is 2.33. The molecule has 168 valence electrons. The van der Waals surface area contributed by atoms with Crippen LogP contribution < -0.4 is 4.74 Å². The first-order chi connectivity index (χ1) is 14.6. The molecular weight excluding hydrogens is 417 g/mol. The van der Waals surface area contributed by atoms with Crippen LogP contribution in [0.1, 0.15) is 62.9 Å². The van der Waals surface area contributed by atoms with E-state index in [1.165, 1.54) is 0 Å². The van der Waals surface area contributed by atoms with Gasteiger partial charge in [-0.2, -0.15) is 0 Å². The predicted molar refractivity (Wildman–Crippen MR) is 121 cm³/mol. The van der Waals surface area contributed by atoms with Gasteiger partial charge in [-0.15, -0.1) is 0 Å². The molecule has 1 saturated heterocycles. The summed E-state index contributed by atoms with van der Waals surface area (Å²) < 4.78 is 27.0. The van der Waals surface area contributed by atoms with Gasteiger partial charge in [0.05, 0.1) is 11.1 Å². The molecule has 6 heteroatoms. The third kappa shape index (κ3) is 6.36. The maximum absolute atomic E-state index is 15.6. The fourth-order valence-corrected chi connectivity index (χ4v) is 4.06. The van der Waals surface area contributed by atoms with Crippen molar-refractivity contribution in [1.29, 1.82) is 0 Å². The number of hydrogen-bond donors (Lipinski definition) is 0. The van der Waals surface area contributed by atoms with Gasteiger partial charge in [0.2, 0.25) is 0 Å². The summed E-state index contributed by atoms with van der Waals surface area (Å²) in [6.45, 7) is 8.21. The fraction of sp³-hybridized carbons (Fsp3) is 0.480. The number of carbonyl (C=O) groups excluding carboxylic acids is 1. The van der Waals surface area contributed by atoms with Crippen LogP contribution in [0.25, 0.3) is 0 Å². The summed E-state index contributed by atoms with van der Waals surface area (Å²) in [5, 5.41) is 0.551. The van der Waals surface area contributed by atoms with E-state index >= 15 is 4.39 Å². The average molecular weight is 448 g/mol. The molecule has 1 aliphatic heterocycles. The van der Waals surface area contributed by atoms with Crippen LogP contribution in [0, 0.1) is 6.92 Å². The number of carbonyl (C=O) groups is 1. The van der Waals surface area contributed by atoms with Gasteiger partial charge in [-0.25, -0.2) is 9.18 Å². The number of ether oxygens (including phenoxy) is 2. The second-order valence-corrected chi connectivity index (χ2v) is 9.51. The number of amides is 1. The van der Waals surface area contributed by atoms with Gasteiger partial charge in [0.25, 0.3) is 0 Å². The number of piperidine rings is 1. The number of nitrogens with zero attached hydrogens (tertiary/aromatic N) is 1. The zero-order valence-electron chi connectivity index (χ0n) is 18.7. The Bertz CT molecular complexity index is 912. The van der Waals surface area contributed by atoms with Crippen LogP contribution in [0.4, 0.5) is 9.18 Å². The lowest BCUT2D eigenvalue weighted by Gasteiger charge is -2.38. The largest absolute Gasteiger partial charge is 0.487 e. The number of alkyl halides is 1. The van der Waals surface area contributed by atoms with Crippen LogP contribution in [0.15, 0.2) is 42.5 Å². The SMILES string of the molecule is Cc1ccc(OCc2cccc(C(F)C3CCCCN3C(=O)OC(C)(C)C)c2)c(Cl)c1. The number of hydrogen-bond acceptors (Lipinski definition) is 3. The van der Waals surface area contributed by atoms with Crippen molar-refractivity contribution in [2.24, 2.45) is 0 Å². The Morgan fingerprint density at radius 1 is 1.23 bits per heavy atom. The van der Waals surface area contributed by atoms with Gasteiger partial charge in [0.1, 0.15) is 24.1 Å². The molecule has 1 aliphatic rings. The van der Waals surface area contributed by atoms with E-state index in [-0.39, 0.29) is 6.61 Å². The number of aryl methyl sites for hydroxylation is 1. The normalized spacial score (nSPS) is 17.9. The molecule has 31 heavy (non-hydrogen) atoms. The molecule has 0 aliphatic carbocycles. The first kappa shape index (κ1) is 23.4. The Kier molecular flexibility index (Phi) is 7.47. The van der Waals surface area contributed by atoms with Gasteiger partial charge >= 0.3 is 6.09 Å². The Hall–Kier alpha value is -2.27. The van der Waals surface area contributed by atoms with Crippen molar-refractivity contribution in [3.05, 3.63) is 64.2 Å². The Morgan fingerprint density at radius 2 is 2.00 bits per heavy atom. The second-order valence-electron chi connectivity index (χ2n) is 9.11. The van der Waals surface area contributed by atoms with E-state index in [0.717, 1.165) is 24.0 Å². The van der Waals surface area contributed by atoms with Gasteiger partial charge in [-0.1, -0.05) is 35.9 Å². The topological polar surface area (TPSA) is 38.8 Å². The molecule has 0 N–H and O–H groups in total. The molecule has 1 heterocycles. The Balaban J connectivity index is 1.71. The lowest BCUT2D eigenvalue weighted by atomic mass is 9.93. The van der Waals surface area contributed by atoms with Crippen molar-refractivity contribution in [1.82, 2.24) is 4.90 Å². The summed E-state index contributed by atoms with van der Waals surface area (Å²) in [6, 6.07) is 12.3. The van der Waals surface area contributed by atoms with Gasteiger partial charge < -0.3 is 14.4 Å². The molecule has 0 spiro atoms. The summed E-state index contributed by atoms with van der Waals surface area (Å²) in [5.74, 6) is 0.595. The number of benzene rings is 2. The molecule has 1 fully saturated rings. The van der Waals surface area contributed by atoms with Crippen LogP contribution >= 0.6 is 11.6 Å². The molecule has 0 aromatic heterocycles. The highest BCUT2D eigenvalue weighted by atomic mass is 35.5. The lowest BCUT2D eigenvalue weighted by molar-refractivity contribution is -0.00279. The molecule has 0 bridgehead atoms. The van der Waals surface area contributed by atoms with E-state index in [1.54, 1.807) is 17.0 Å². The highest BCUT2D eigenvalue weighted by molar-refractivity contribution is 6.32. The van der Waals surface area contributed by atoms with Gasteiger partial charge in [-0.05, 0) is 81.8 Å². The molecular formula is C25H31ClFNO3. The summed E-state index contributed by atoms with van der Waals surface area (Å²) in [6.07, 6.45) is 0.608. The van der Waals surface area contributed by atoms with Gasteiger partial charge in [0.15, 0.2) is 0 Å². The molecule has 3 rings (SSSR count). The molecule has 2 aromatic carbocycles. The minimum absolute atomic E-state index is 0.282. The number of halogens is 2. The summed E-state index contributed by atoms with van der Waals surface area (Å²) in [7, 11) is 0. The summed E-state index contributed by atoms with van der Waals surface area (Å²) in [4.78, 5) is 14.2. The van der Waals surface area contributed by atoms with Crippen molar-refractivity contribution < 1.29 is 18.7 Å². The number of rotatable bonds is 5. The second kappa shape index (κ2) is 9.90. The van der Waals surface area contributed by atoms with Crippen LogP contribution in [0.3, 0.4) is 0 Å². The maximum Gasteiger partial charge on any atom is 0.410 e. The van der Waals surface area contributed by atoms with Gasteiger partial charge in [-0.3, -0.25) is 0 Å². The first-order valence-corrected chi connectivity index (χ1v) is 11.1. The standard InChI is InChI=1S/C25H31ClFNO3/c1-17-11-12-22(20(26)14-17)30-16-18-8-7-9-19(15-18)23(27)21-10-5-6-13-28(21)24(29)31-25(2,3)4/h7-9,11-12,14-15,21,23H,5-6,10,13,16H2,1-4H3. The van der Waals surface area contributed by atoms with Crippen molar-refractivity contribution in [3.8, 4) is 5.75 Å². The zero-order chi connectivity index (χ0) is 22.6. The molecule has 0 saturated carbocycles. The molecule has 1 amide bonds. The van der Waals surface area contributed by atoms with Crippen molar-refractivity contribution in [3.63, 3.8) is 0 Å². The smallest absolute Gasteiger partial charge is 0.410 e. The van der Waals surface area contributed by atoms with Gasteiger partial charge in [0, 0.05) is 6.54 Å². The highest BCUT2D eigenvalue weighted by Gasteiger charge is 2.36. The molecule has 2 aromatic rings. The summed E-state index contributed by atoms with van der Waals surface area (Å²) in [5.41, 5.74) is 1.83. The van der Waals surface area contributed by atoms with Crippen LogP contribution in [0.5, 0.6) is 5.75 Å². The summed E-state index contributed by atoms with van der Waals surface area (Å²) >= 11 is 6.24. The Morgan fingerprint density at radius 3 is 2.71 bits per heavy atom. The van der Waals surface area contributed by atoms with Crippen LogP contribution in [-0.4, -0.2) is 29.2 Å². The minimum Gasteiger partial charge on any atom is -0.487 e. The van der Waals surface area contributed by atoms with E-state index in [1.807, 2.05) is 58.0 Å². The van der Waals surface area contributed by atoms with Crippen molar-refractivity contribution in [2.75, 3.05) is 6.54 Å². The van der Waals surface area contributed by atoms with E-state index in [9.17, 15) is 4.79 Å². The monoisotopic (exact) mass is 447 g/mol. The molecule has 0 radical (unpaired) electrons. The molecule has 2 atom stereocenters. The zero-order valence-corrected chi connectivity index (χ0v) is 19.4. The number of likely N-dealkylation sites (tertiary alicyclic amines) is 1. The predicted octanol–water partition coefficient (Wildman–Crippen LogP) is 7.03. The average Bonchev–Trinajstić information content (AvgIpc) is 2.71. The quantitative estimate of drug-likeness (QED) is 0.494. The van der Waals surface area contributed by atoms with Crippen LogP contribution in [-0.2, 0) is 11.3 Å². The van der Waals surface area contributed by atoms with E-state index in [0.29, 0.717) is 29.3 Å². The van der Waals surface area contributed by atoms with Crippen LogP contribution in [0.2, 0.25) is 5.02 Å². The van der Waals surface area contributed by atoms with Crippen molar-refractivity contribution in [2.45, 2.75) is 71.4 Å². The van der Waals surface area contributed by atoms with E-state index < -0.39 is 23.9 Å². The first-order valence-electron chi connectivity index (χ1n) is 10.8. The lowest BCUT2D eigenvalue weighted by Crippen LogP contribution is -2.48. The maximum atomic E-state index is 15.6. The molecule has 2 unspecified atom stereocenters. The Labute approximate surface area is 189 Å². The minimum atomic E-state index is -1.30. The molecule has 4 nitrogen and oxygen atoms in total.